The second-order valence-corrected chi connectivity index (χ2v) is 6.51. The molecule has 0 aromatic carbocycles. The Morgan fingerprint density at radius 1 is 1.14 bits per heavy atom. The van der Waals surface area contributed by atoms with Crippen LogP contribution in [-0.4, -0.2) is 37.8 Å². The van der Waals surface area contributed by atoms with Crippen LogP contribution in [0.2, 0.25) is 0 Å². The third kappa shape index (κ3) is 5.43. The van der Waals surface area contributed by atoms with Crippen LogP contribution in [-0.2, 0) is 19.0 Å². The fourth-order valence-corrected chi connectivity index (χ4v) is 1.44. The fraction of sp³-hybridized carbons (Fsp3) is 0.933. The van der Waals surface area contributed by atoms with Crippen LogP contribution in [0.15, 0.2) is 0 Å². The third-order valence-corrected chi connectivity index (χ3v) is 3.67. The van der Waals surface area contributed by atoms with E-state index in [0.29, 0.717) is 6.42 Å². The summed E-state index contributed by atoms with van der Waals surface area (Å²) >= 11 is 0. The van der Waals surface area contributed by atoms with Gasteiger partial charge >= 0.3 is 12.1 Å². The number of ether oxygens (including phenoxy) is 3. The van der Waals surface area contributed by atoms with Crippen LogP contribution in [0.25, 0.3) is 0 Å². The zero-order valence-corrected chi connectivity index (χ0v) is 14.3. The Hall–Kier alpha value is -0.820. The molecule has 0 rings (SSSR count). The first-order valence-corrected chi connectivity index (χ1v) is 7.25. The first-order chi connectivity index (χ1) is 9.80. The Morgan fingerprint density at radius 2 is 1.64 bits per heavy atom. The Balaban J connectivity index is 5.11. The van der Waals surface area contributed by atoms with Gasteiger partial charge < -0.3 is 14.2 Å². The molecule has 132 valence electrons. The van der Waals surface area contributed by atoms with Crippen molar-refractivity contribution in [3.8, 4) is 0 Å². The normalized spacial score (nSPS) is 17.2. The number of halogens is 3. The van der Waals surface area contributed by atoms with E-state index in [4.69, 9.17) is 14.2 Å². The first-order valence-electron chi connectivity index (χ1n) is 7.25. The number of carbonyl (C=O) groups is 1. The molecule has 0 amide bonds. The Bertz CT molecular complexity index is 366. The molecule has 0 bridgehead atoms. The molecule has 7 heteroatoms. The standard InChI is InChI=1S/C15H27F3O4/c1-8-13(4,5)12(19)21-9-14(6,15(16,17)18)22-11(20-7)10(2)3/h10-11H,8-9H2,1-7H3. The maximum atomic E-state index is 13.3. The van der Waals surface area contributed by atoms with Crippen LogP contribution < -0.4 is 0 Å². The predicted molar refractivity (Wildman–Crippen MR) is 76.2 cm³/mol. The smallest absolute Gasteiger partial charge is 0.420 e. The highest BCUT2D eigenvalue weighted by Gasteiger charge is 2.55. The van der Waals surface area contributed by atoms with Gasteiger partial charge in [0.2, 0.25) is 0 Å². The zero-order valence-electron chi connectivity index (χ0n) is 14.3. The minimum atomic E-state index is -4.70. The zero-order chi connectivity index (χ0) is 17.8. The van der Waals surface area contributed by atoms with Crippen molar-refractivity contribution in [1.82, 2.24) is 0 Å². The second-order valence-electron chi connectivity index (χ2n) is 6.51. The summed E-state index contributed by atoms with van der Waals surface area (Å²) < 4.78 is 54.9. The van der Waals surface area contributed by atoms with Gasteiger partial charge in [-0.3, -0.25) is 4.79 Å². The van der Waals surface area contributed by atoms with Crippen molar-refractivity contribution < 1.29 is 32.2 Å². The lowest BCUT2D eigenvalue weighted by Crippen LogP contribution is -2.52. The minimum Gasteiger partial charge on any atom is -0.462 e. The van der Waals surface area contributed by atoms with Gasteiger partial charge in [0.25, 0.3) is 0 Å². The molecule has 0 aromatic heterocycles. The predicted octanol–water partition coefficient (Wildman–Crippen LogP) is 3.93. The minimum absolute atomic E-state index is 0.283. The lowest BCUT2D eigenvalue weighted by molar-refractivity contribution is -0.330. The molecule has 22 heavy (non-hydrogen) atoms. The number of carbonyl (C=O) groups excluding carboxylic acids is 1. The third-order valence-electron chi connectivity index (χ3n) is 3.67. The molecule has 0 fully saturated rings. The van der Waals surface area contributed by atoms with Crippen LogP contribution in [0.1, 0.15) is 48.0 Å². The SMILES string of the molecule is CCC(C)(C)C(=O)OCC(C)(OC(OC)C(C)C)C(F)(F)F. The maximum absolute atomic E-state index is 13.3. The van der Waals surface area contributed by atoms with Crippen LogP contribution in [0, 0.1) is 11.3 Å². The molecule has 0 N–H and O–H groups in total. The Labute approximate surface area is 130 Å². The summed E-state index contributed by atoms with van der Waals surface area (Å²) in [4.78, 5) is 11.9. The van der Waals surface area contributed by atoms with Gasteiger partial charge in [-0.05, 0) is 27.2 Å². The van der Waals surface area contributed by atoms with E-state index in [1.165, 1.54) is 7.11 Å². The van der Waals surface area contributed by atoms with Crippen molar-refractivity contribution in [2.75, 3.05) is 13.7 Å². The number of hydrogen-bond acceptors (Lipinski definition) is 4. The molecule has 0 aromatic rings. The highest BCUT2D eigenvalue weighted by Crippen LogP contribution is 2.36. The van der Waals surface area contributed by atoms with Crippen LogP contribution in [0.3, 0.4) is 0 Å². The van der Waals surface area contributed by atoms with Gasteiger partial charge in [0.15, 0.2) is 11.9 Å². The van der Waals surface area contributed by atoms with Crippen molar-refractivity contribution in [1.29, 1.82) is 0 Å². The van der Waals surface area contributed by atoms with Crippen molar-refractivity contribution in [3.05, 3.63) is 0 Å². The average Bonchev–Trinajstić information content (AvgIpc) is 2.40. The quantitative estimate of drug-likeness (QED) is 0.500. The molecule has 0 aliphatic rings. The number of rotatable bonds is 8. The summed E-state index contributed by atoms with van der Waals surface area (Å²) in [5.41, 5.74) is -3.47. The van der Waals surface area contributed by atoms with E-state index in [0.717, 1.165) is 6.92 Å². The van der Waals surface area contributed by atoms with Gasteiger partial charge in [0.05, 0.1) is 5.41 Å². The molecule has 0 saturated carbocycles. The monoisotopic (exact) mass is 328 g/mol. The first kappa shape index (κ1) is 21.2. The van der Waals surface area contributed by atoms with E-state index in [1.54, 1.807) is 34.6 Å². The molecule has 2 atom stereocenters. The molecule has 2 unspecified atom stereocenters. The summed E-state index contributed by atoms with van der Waals surface area (Å²) in [6.45, 7) is 8.30. The van der Waals surface area contributed by atoms with Gasteiger partial charge in [-0.2, -0.15) is 13.2 Å². The van der Waals surface area contributed by atoms with Crippen molar-refractivity contribution in [3.63, 3.8) is 0 Å². The van der Waals surface area contributed by atoms with Gasteiger partial charge in [-0.1, -0.05) is 20.8 Å². The lowest BCUT2D eigenvalue weighted by atomic mass is 9.90. The van der Waals surface area contributed by atoms with Gasteiger partial charge in [-0.25, -0.2) is 0 Å². The van der Waals surface area contributed by atoms with Crippen LogP contribution >= 0.6 is 0 Å². The van der Waals surface area contributed by atoms with Gasteiger partial charge in [0, 0.05) is 13.0 Å². The number of methoxy groups -OCH3 is 1. The molecular formula is C15H27F3O4. The Morgan fingerprint density at radius 3 is 1.95 bits per heavy atom. The van der Waals surface area contributed by atoms with Crippen molar-refractivity contribution in [2.45, 2.75) is 66.0 Å². The van der Waals surface area contributed by atoms with Crippen LogP contribution in [0.5, 0.6) is 0 Å². The largest absolute Gasteiger partial charge is 0.462 e. The molecule has 4 nitrogen and oxygen atoms in total. The maximum Gasteiger partial charge on any atom is 0.420 e. The number of hydrogen-bond donors (Lipinski definition) is 0. The Kier molecular flexibility index (Phi) is 7.35. The van der Waals surface area contributed by atoms with E-state index in [-0.39, 0.29) is 5.92 Å². The molecule has 0 saturated heterocycles. The fourth-order valence-electron chi connectivity index (χ4n) is 1.44. The molecule has 0 aliphatic heterocycles. The number of esters is 1. The van der Waals surface area contributed by atoms with Gasteiger partial charge in [0.1, 0.15) is 6.61 Å². The van der Waals surface area contributed by atoms with Crippen molar-refractivity contribution in [2.24, 2.45) is 11.3 Å². The van der Waals surface area contributed by atoms with E-state index < -0.39 is 36.1 Å². The summed E-state index contributed by atoms with van der Waals surface area (Å²) in [6, 6.07) is 0. The van der Waals surface area contributed by atoms with E-state index in [2.05, 4.69) is 0 Å². The van der Waals surface area contributed by atoms with Crippen molar-refractivity contribution >= 4 is 5.97 Å². The van der Waals surface area contributed by atoms with E-state index in [1.807, 2.05) is 0 Å². The molecule has 0 heterocycles. The lowest BCUT2D eigenvalue weighted by Gasteiger charge is -2.36. The molecule has 0 spiro atoms. The molecule has 0 radical (unpaired) electrons. The van der Waals surface area contributed by atoms with Gasteiger partial charge in [-0.15, -0.1) is 0 Å². The molecule has 0 aliphatic carbocycles. The highest BCUT2D eigenvalue weighted by atomic mass is 19.4. The van der Waals surface area contributed by atoms with E-state index >= 15 is 0 Å². The second kappa shape index (κ2) is 7.64. The summed E-state index contributed by atoms with van der Waals surface area (Å²) in [7, 11) is 1.27. The number of alkyl halides is 3. The summed E-state index contributed by atoms with van der Waals surface area (Å²) in [5.74, 6) is -0.970. The van der Waals surface area contributed by atoms with Crippen LogP contribution in [0.4, 0.5) is 13.2 Å². The highest BCUT2D eigenvalue weighted by molar-refractivity contribution is 5.75. The average molecular weight is 328 g/mol. The topological polar surface area (TPSA) is 44.8 Å². The summed E-state index contributed by atoms with van der Waals surface area (Å²) in [5, 5.41) is 0. The molecular weight excluding hydrogens is 301 g/mol. The summed E-state index contributed by atoms with van der Waals surface area (Å²) in [6.07, 6.45) is -5.29. The van der Waals surface area contributed by atoms with E-state index in [9.17, 15) is 18.0 Å².